The number of aromatic amines is 1. The van der Waals surface area contributed by atoms with Gasteiger partial charge in [0.05, 0.1) is 6.54 Å². The van der Waals surface area contributed by atoms with Crippen LogP contribution in [0.5, 0.6) is 0 Å². The topological polar surface area (TPSA) is 83.6 Å². The van der Waals surface area contributed by atoms with E-state index in [-0.39, 0.29) is 5.91 Å². The van der Waals surface area contributed by atoms with E-state index in [2.05, 4.69) is 25.5 Å². The molecule has 0 saturated carbocycles. The third-order valence-corrected chi connectivity index (χ3v) is 2.90. The van der Waals surface area contributed by atoms with Crippen LogP contribution >= 0.6 is 0 Å². The maximum absolute atomic E-state index is 11.9. The van der Waals surface area contributed by atoms with Crippen molar-refractivity contribution >= 4 is 5.91 Å². The van der Waals surface area contributed by atoms with E-state index in [1.54, 1.807) is 24.5 Å². The number of H-pyrrole nitrogens is 1. The third kappa shape index (κ3) is 3.11. The molecule has 1 amide bonds. The fraction of sp³-hybridized carbons (Fsp3) is 0.0667. The van der Waals surface area contributed by atoms with Crippen LogP contribution in [0.15, 0.2) is 54.9 Å². The van der Waals surface area contributed by atoms with Gasteiger partial charge in [0.25, 0.3) is 5.91 Å². The zero-order chi connectivity index (χ0) is 14.5. The average Bonchev–Trinajstić information content (AvgIpc) is 3.03. The normalized spacial score (nSPS) is 10.3. The number of hydrogen-bond acceptors (Lipinski definition) is 4. The molecule has 104 valence electrons. The van der Waals surface area contributed by atoms with Crippen molar-refractivity contribution in [2.45, 2.75) is 6.54 Å². The Bertz CT molecular complexity index is 724. The number of benzene rings is 1. The predicted molar refractivity (Wildman–Crippen MR) is 77.2 cm³/mol. The van der Waals surface area contributed by atoms with Crippen LogP contribution in [0, 0.1) is 0 Å². The summed E-state index contributed by atoms with van der Waals surface area (Å²) in [6.07, 6.45) is 3.38. The lowest BCUT2D eigenvalue weighted by atomic mass is 10.2. The second-order valence-electron chi connectivity index (χ2n) is 4.40. The van der Waals surface area contributed by atoms with E-state index in [1.807, 2.05) is 30.3 Å². The van der Waals surface area contributed by atoms with Gasteiger partial charge >= 0.3 is 0 Å². The molecule has 3 rings (SSSR count). The van der Waals surface area contributed by atoms with Gasteiger partial charge in [-0.1, -0.05) is 18.2 Å². The molecule has 0 aliphatic heterocycles. The van der Waals surface area contributed by atoms with Crippen LogP contribution in [-0.4, -0.2) is 26.1 Å². The molecule has 21 heavy (non-hydrogen) atoms. The standard InChI is InChI=1S/C15H13N5O/c21-15(11-5-2-1-3-6-11)17-10-13-18-14(20-19-13)12-7-4-8-16-9-12/h1-9H,10H2,(H,17,21)(H,18,19,20). The summed E-state index contributed by atoms with van der Waals surface area (Å²) in [5.41, 5.74) is 1.44. The zero-order valence-electron chi connectivity index (χ0n) is 11.2. The largest absolute Gasteiger partial charge is 0.345 e. The van der Waals surface area contributed by atoms with Gasteiger partial charge in [0.1, 0.15) is 5.82 Å². The van der Waals surface area contributed by atoms with Crippen molar-refractivity contribution in [3.05, 3.63) is 66.2 Å². The fourth-order valence-corrected chi connectivity index (χ4v) is 1.85. The Hall–Kier alpha value is -3.02. The molecule has 3 aromatic rings. The summed E-state index contributed by atoms with van der Waals surface area (Å²) < 4.78 is 0. The number of hydrogen-bond donors (Lipinski definition) is 2. The van der Waals surface area contributed by atoms with Crippen LogP contribution in [0.25, 0.3) is 11.4 Å². The number of pyridine rings is 1. The molecule has 0 saturated heterocycles. The van der Waals surface area contributed by atoms with Crippen molar-refractivity contribution in [3.8, 4) is 11.4 Å². The van der Waals surface area contributed by atoms with Crippen molar-refractivity contribution in [2.75, 3.05) is 0 Å². The number of carbonyl (C=O) groups excluding carboxylic acids is 1. The van der Waals surface area contributed by atoms with Crippen LogP contribution < -0.4 is 5.32 Å². The minimum atomic E-state index is -0.144. The SMILES string of the molecule is O=C(NCc1nc(-c2cccnc2)n[nH]1)c1ccccc1. The molecular formula is C15H13N5O. The lowest BCUT2D eigenvalue weighted by molar-refractivity contribution is 0.0950. The lowest BCUT2D eigenvalue weighted by Crippen LogP contribution is -2.23. The number of nitrogens with one attached hydrogen (secondary N) is 2. The van der Waals surface area contributed by atoms with Gasteiger partial charge < -0.3 is 5.32 Å². The van der Waals surface area contributed by atoms with Gasteiger partial charge in [0.15, 0.2) is 5.82 Å². The van der Waals surface area contributed by atoms with Crippen LogP contribution in [0.1, 0.15) is 16.2 Å². The molecular weight excluding hydrogens is 266 g/mol. The Morgan fingerprint density at radius 3 is 2.76 bits per heavy atom. The Kier molecular flexibility index (Phi) is 3.68. The van der Waals surface area contributed by atoms with Gasteiger partial charge in [-0.25, -0.2) is 4.98 Å². The van der Waals surface area contributed by atoms with Crippen molar-refractivity contribution < 1.29 is 4.79 Å². The van der Waals surface area contributed by atoms with Crippen molar-refractivity contribution in [2.24, 2.45) is 0 Å². The molecule has 6 heteroatoms. The van der Waals surface area contributed by atoms with Crippen molar-refractivity contribution in [1.29, 1.82) is 0 Å². The molecule has 2 aromatic heterocycles. The van der Waals surface area contributed by atoms with Gasteiger partial charge in [-0.3, -0.25) is 14.9 Å². The molecule has 0 radical (unpaired) electrons. The number of nitrogens with zero attached hydrogens (tertiary/aromatic N) is 3. The number of carbonyl (C=O) groups is 1. The van der Waals surface area contributed by atoms with E-state index in [4.69, 9.17) is 0 Å². The van der Waals surface area contributed by atoms with Gasteiger partial charge in [-0.05, 0) is 24.3 Å². The summed E-state index contributed by atoms with van der Waals surface area (Å²) in [6.45, 7) is 0.293. The summed E-state index contributed by atoms with van der Waals surface area (Å²) in [6, 6.07) is 12.7. The minimum Gasteiger partial charge on any atom is -0.345 e. The van der Waals surface area contributed by atoms with Crippen LogP contribution in [0.3, 0.4) is 0 Å². The van der Waals surface area contributed by atoms with Gasteiger partial charge in [-0.2, -0.15) is 5.10 Å². The second kappa shape index (κ2) is 5.96. The molecule has 0 unspecified atom stereocenters. The summed E-state index contributed by atoms with van der Waals surface area (Å²) in [4.78, 5) is 20.3. The molecule has 0 aliphatic carbocycles. The van der Waals surface area contributed by atoms with E-state index in [1.165, 1.54) is 0 Å². The van der Waals surface area contributed by atoms with E-state index in [0.29, 0.717) is 23.8 Å². The molecule has 0 aliphatic rings. The fourth-order valence-electron chi connectivity index (χ4n) is 1.85. The first-order valence-corrected chi connectivity index (χ1v) is 6.48. The van der Waals surface area contributed by atoms with Crippen LogP contribution in [0.2, 0.25) is 0 Å². The van der Waals surface area contributed by atoms with Crippen LogP contribution in [-0.2, 0) is 6.54 Å². The summed E-state index contributed by atoms with van der Waals surface area (Å²) in [7, 11) is 0. The number of amides is 1. The average molecular weight is 279 g/mol. The highest BCUT2D eigenvalue weighted by Gasteiger charge is 2.08. The number of aromatic nitrogens is 4. The molecule has 0 atom stereocenters. The van der Waals surface area contributed by atoms with Gasteiger partial charge in [0.2, 0.25) is 0 Å². The van der Waals surface area contributed by atoms with E-state index in [0.717, 1.165) is 5.56 Å². The van der Waals surface area contributed by atoms with E-state index < -0.39 is 0 Å². The Morgan fingerprint density at radius 2 is 2.00 bits per heavy atom. The quantitative estimate of drug-likeness (QED) is 0.762. The molecule has 2 heterocycles. The maximum Gasteiger partial charge on any atom is 0.251 e. The predicted octanol–water partition coefficient (Wildman–Crippen LogP) is 1.80. The minimum absolute atomic E-state index is 0.144. The highest BCUT2D eigenvalue weighted by atomic mass is 16.1. The number of rotatable bonds is 4. The molecule has 2 N–H and O–H groups in total. The maximum atomic E-state index is 11.9. The second-order valence-corrected chi connectivity index (χ2v) is 4.40. The first-order valence-electron chi connectivity index (χ1n) is 6.48. The Labute approximate surface area is 121 Å². The Morgan fingerprint density at radius 1 is 1.14 bits per heavy atom. The summed E-state index contributed by atoms with van der Waals surface area (Å²) in [5, 5.41) is 9.71. The monoisotopic (exact) mass is 279 g/mol. The first-order chi connectivity index (χ1) is 10.3. The third-order valence-electron chi connectivity index (χ3n) is 2.90. The van der Waals surface area contributed by atoms with E-state index >= 15 is 0 Å². The highest BCUT2D eigenvalue weighted by Crippen LogP contribution is 2.11. The zero-order valence-corrected chi connectivity index (χ0v) is 11.2. The first kappa shape index (κ1) is 13.0. The summed E-state index contributed by atoms with van der Waals surface area (Å²) in [5.74, 6) is 1.01. The van der Waals surface area contributed by atoms with Crippen molar-refractivity contribution in [1.82, 2.24) is 25.5 Å². The molecule has 1 aromatic carbocycles. The Balaban J connectivity index is 1.64. The molecule has 6 nitrogen and oxygen atoms in total. The summed E-state index contributed by atoms with van der Waals surface area (Å²) >= 11 is 0. The van der Waals surface area contributed by atoms with Gasteiger partial charge in [0, 0.05) is 23.5 Å². The van der Waals surface area contributed by atoms with Crippen molar-refractivity contribution in [3.63, 3.8) is 0 Å². The van der Waals surface area contributed by atoms with Crippen LogP contribution in [0.4, 0.5) is 0 Å². The van der Waals surface area contributed by atoms with Gasteiger partial charge in [-0.15, -0.1) is 0 Å². The molecule has 0 bridgehead atoms. The lowest BCUT2D eigenvalue weighted by Gasteiger charge is -2.02. The highest BCUT2D eigenvalue weighted by molar-refractivity contribution is 5.93. The van der Waals surface area contributed by atoms with E-state index in [9.17, 15) is 4.79 Å². The molecule has 0 spiro atoms. The smallest absolute Gasteiger partial charge is 0.251 e. The molecule has 0 fully saturated rings.